The molecule has 0 spiro atoms. The van der Waals surface area contributed by atoms with Crippen molar-refractivity contribution >= 4 is 17.1 Å². The highest BCUT2D eigenvalue weighted by molar-refractivity contribution is 5.83. The Labute approximate surface area is 187 Å². The number of benzene rings is 4. The van der Waals surface area contributed by atoms with E-state index in [4.69, 9.17) is 4.74 Å². The minimum absolute atomic E-state index is 0.104. The number of ether oxygens (including phenoxy) is 1. The lowest BCUT2D eigenvalue weighted by Crippen LogP contribution is -2.11. The first-order chi connectivity index (χ1) is 15.3. The van der Waals surface area contributed by atoms with E-state index in [1.165, 1.54) is 0 Å². The summed E-state index contributed by atoms with van der Waals surface area (Å²) in [6, 6.07) is 23.1. The van der Waals surface area contributed by atoms with E-state index in [1.54, 1.807) is 36.4 Å². The first-order valence-corrected chi connectivity index (χ1v) is 10.3. The molecule has 0 saturated carbocycles. The average Bonchev–Trinajstić information content (AvgIpc) is 2.74. The van der Waals surface area contributed by atoms with Crippen LogP contribution in [0.2, 0.25) is 0 Å². The Balaban J connectivity index is 1.76. The zero-order valence-corrected chi connectivity index (χ0v) is 18.2. The van der Waals surface area contributed by atoms with Crippen LogP contribution in [0.3, 0.4) is 0 Å². The van der Waals surface area contributed by atoms with E-state index >= 15 is 0 Å². The number of rotatable bonds is 5. The third kappa shape index (κ3) is 4.47. The second-order valence-corrected chi connectivity index (χ2v) is 7.92. The summed E-state index contributed by atoms with van der Waals surface area (Å²) in [7, 11) is 0. The summed E-state index contributed by atoms with van der Waals surface area (Å²) in [6.45, 7) is 5.78. The number of aryl methyl sites for hydroxylation is 3. The van der Waals surface area contributed by atoms with E-state index in [-0.39, 0.29) is 17.2 Å². The van der Waals surface area contributed by atoms with Crippen molar-refractivity contribution in [2.75, 3.05) is 4.90 Å². The maximum absolute atomic E-state index is 10.6. The molecule has 0 atom stereocenters. The molecule has 0 unspecified atom stereocenters. The highest BCUT2D eigenvalue weighted by Crippen LogP contribution is 2.44. The van der Waals surface area contributed by atoms with Gasteiger partial charge in [0.2, 0.25) is 0 Å². The standard InChI is InChI=1S/C27H25NO4/c1-17-4-10-26(30)24(14-17)28(25-15-18(2)5-11-27(25)31)20-6-8-22(9-7-20)32-23-13-19(3)12-21(29)16-23/h4-16,29-31H,1-3H3. The molecule has 0 aliphatic heterocycles. The van der Waals surface area contributed by atoms with Gasteiger partial charge in [-0.15, -0.1) is 0 Å². The normalized spacial score (nSPS) is 10.7. The molecule has 0 aliphatic rings. The van der Waals surface area contributed by atoms with Crippen LogP contribution in [-0.4, -0.2) is 15.3 Å². The Morgan fingerprint density at radius 1 is 0.562 bits per heavy atom. The molecule has 3 N–H and O–H groups in total. The molecule has 0 saturated heterocycles. The molecule has 0 bridgehead atoms. The largest absolute Gasteiger partial charge is 0.508 e. The van der Waals surface area contributed by atoms with Crippen molar-refractivity contribution < 1.29 is 20.1 Å². The van der Waals surface area contributed by atoms with Crippen LogP contribution >= 0.6 is 0 Å². The highest BCUT2D eigenvalue weighted by Gasteiger charge is 2.19. The van der Waals surface area contributed by atoms with Crippen LogP contribution < -0.4 is 9.64 Å². The molecule has 32 heavy (non-hydrogen) atoms. The zero-order chi connectivity index (χ0) is 22.8. The molecule has 0 aliphatic carbocycles. The van der Waals surface area contributed by atoms with E-state index in [0.29, 0.717) is 22.9 Å². The summed E-state index contributed by atoms with van der Waals surface area (Å²) in [5, 5.41) is 31.0. The summed E-state index contributed by atoms with van der Waals surface area (Å²) < 4.78 is 5.89. The fraction of sp³-hybridized carbons (Fsp3) is 0.111. The number of nitrogens with zero attached hydrogens (tertiary/aromatic N) is 1. The van der Waals surface area contributed by atoms with Gasteiger partial charge in [0.05, 0.1) is 11.4 Å². The Morgan fingerprint density at radius 3 is 1.66 bits per heavy atom. The van der Waals surface area contributed by atoms with Gasteiger partial charge in [0.25, 0.3) is 0 Å². The van der Waals surface area contributed by atoms with Gasteiger partial charge in [-0.05, 0) is 98.1 Å². The molecule has 0 heterocycles. The van der Waals surface area contributed by atoms with Crippen molar-refractivity contribution in [3.8, 4) is 28.7 Å². The molecular formula is C27H25NO4. The van der Waals surface area contributed by atoms with Crippen LogP contribution in [0.4, 0.5) is 17.1 Å². The zero-order valence-electron chi connectivity index (χ0n) is 18.2. The molecule has 0 aromatic heterocycles. The van der Waals surface area contributed by atoms with Gasteiger partial charge in [-0.1, -0.05) is 12.1 Å². The monoisotopic (exact) mass is 427 g/mol. The van der Waals surface area contributed by atoms with Gasteiger partial charge in [0.15, 0.2) is 0 Å². The maximum atomic E-state index is 10.6. The minimum Gasteiger partial charge on any atom is -0.508 e. The molecule has 162 valence electrons. The number of anilines is 3. The fourth-order valence-corrected chi connectivity index (χ4v) is 3.62. The van der Waals surface area contributed by atoms with E-state index in [0.717, 1.165) is 22.4 Å². The summed E-state index contributed by atoms with van der Waals surface area (Å²) in [4.78, 5) is 1.81. The van der Waals surface area contributed by atoms with Crippen molar-refractivity contribution in [2.45, 2.75) is 20.8 Å². The van der Waals surface area contributed by atoms with Gasteiger partial charge in [-0.3, -0.25) is 0 Å². The van der Waals surface area contributed by atoms with Gasteiger partial charge >= 0.3 is 0 Å². The van der Waals surface area contributed by atoms with Gasteiger partial charge < -0.3 is 25.0 Å². The smallest absolute Gasteiger partial charge is 0.139 e. The lowest BCUT2D eigenvalue weighted by Gasteiger charge is -2.27. The fourth-order valence-electron chi connectivity index (χ4n) is 3.62. The number of hydrogen-bond donors (Lipinski definition) is 3. The average molecular weight is 428 g/mol. The number of phenols is 3. The van der Waals surface area contributed by atoms with Crippen LogP contribution in [0, 0.1) is 20.8 Å². The summed E-state index contributed by atoms with van der Waals surface area (Å²) in [5.41, 5.74) is 4.72. The Hall–Kier alpha value is -4.12. The third-order valence-corrected chi connectivity index (χ3v) is 5.11. The van der Waals surface area contributed by atoms with Crippen molar-refractivity contribution in [3.05, 3.63) is 95.6 Å². The van der Waals surface area contributed by atoms with E-state index in [1.807, 2.05) is 68.1 Å². The predicted molar refractivity (Wildman–Crippen MR) is 127 cm³/mol. The Bertz CT molecular complexity index is 1190. The lowest BCUT2D eigenvalue weighted by molar-refractivity contribution is 0.454. The van der Waals surface area contributed by atoms with Crippen molar-refractivity contribution in [2.24, 2.45) is 0 Å². The Morgan fingerprint density at radius 2 is 1.12 bits per heavy atom. The molecule has 0 amide bonds. The van der Waals surface area contributed by atoms with Crippen LogP contribution in [0.15, 0.2) is 78.9 Å². The summed E-state index contributed by atoms with van der Waals surface area (Å²) in [5.74, 6) is 1.49. The molecule has 4 aromatic rings. The van der Waals surface area contributed by atoms with Crippen molar-refractivity contribution in [1.82, 2.24) is 0 Å². The minimum atomic E-state index is 0.104. The van der Waals surface area contributed by atoms with Gasteiger partial charge in [-0.25, -0.2) is 0 Å². The number of aromatic hydroxyl groups is 3. The molecule has 4 rings (SSSR count). The van der Waals surface area contributed by atoms with Crippen LogP contribution in [0.5, 0.6) is 28.7 Å². The highest BCUT2D eigenvalue weighted by atomic mass is 16.5. The molecule has 4 aromatic carbocycles. The second-order valence-electron chi connectivity index (χ2n) is 7.92. The quantitative estimate of drug-likeness (QED) is 0.320. The second kappa shape index (κ2) is 8.55. The van der Waals surface area contributed by atoms with Gasteiger partial charge in [0.1, 0.15) is 28.7 Å². The topological polar surface area (TPSA) is 73.2 Å². The third-order valence-electron chi connectivity index (χ3n) is 5.11. The van der Waals surface area contributed by atoms with Crippen LogP contribution in [-0.2, 0) is 0 Å². The SMILES string of the molecule is Cc1cc(O)cc(Oc2ccc(N(c3cc(C)ccc3O)c3cc(C)ccc3O)cc2)c1. The van der Waals surface area contributed by atoms with E-state index in [9.17, 15) is 15.3 Å². The maximum Gasteiger partial charge on any atom is 0.139 e. The molecule has 5 heteroatoms. The number of phenolic OH excluding ortho intramolecular Hbond substituents is 3. The summed E-state index contributed by atoms with van der Waals surface area (Å²) >= 11 is 0. The van der Waals surface area contributed by atoms with Gasteiger partial charge in [0, 0.05) is 11.8 Å². The first kappa shape index (κ1) is 21.1. The molecule has 0 radical (unpaired) electrons. The number of hydrogen-bond acceptors (Lipinski definition) is 5. The van der Waals surface area contributed by atoms with Crippen molar-refractivity contribution in [1.29, 1.82) is 0 Å². The van der Waals surface area contributed by atoms with Crippen LogP contribution in [0.1, 0.15) is 16.7 Å². The van der Waals surface area contributed by atoms with E-state index in [2.05, 4.69) is 0 Å². The van der Waals surface area contributed by atoms with Gasteiger partial charge in [-0.2, -0.15) is 0 Å². The predicted octanol–water partition coefficient (Wildman–Crippen LogP) is 6.99. The van der Waals surface area contributed by atoms with Crippen LogP contribution in [0.25, 0.3) is 0 Å². The van der Waals surface area contributed by atoms with Crippen molar-refractivity contribution in [3.63, 3.8) is 0 Å². The summed E-state index contributed by atoms with van der Waals surface area (Å²) in [6.07, 6.45) is 0. The first-order valence-electron chi connectivity index (χ1n) is 10.3. The Kier molecular flexibility index (Phi) is 5.65. The molecule has 0 fully saturated rings. The molecule has 5 nitrogen and oxygen atoms in total. The van der Waals surface area contributed by atoms with E-state index < -0.39 is 0 Å². The molecular weight excluding hydrogens is 402 g/mol. The lowest BCUT2D eigenvalue weighted by atomic mass is 10.1.